The first-order valence-corrected chi connectivity index (χ1v) is 6.45. The number of halogens is 1. The largest absolute Gasteiger partial charge is 0.360 e. The Morgan fingerprint density at radius 3 is 2.94 bits per heavy atom. The van der Waals surface area contributed by atoms with E-state index < -0.39 is 0 Å². The maximum absolute atomic E-state index is 13.8. The van der Waals surface area contributed by atoms with E-state index in [1.807, 2.05) is 6.92 Å². The molecule has 0 saturated carbocycles. The van der Waals surface area contributed by atoms with Gasteiger partial charge in [0.1, 0.15) is 5.82 Å². The van der Waals surface area contributed by atoms with E-state index in [2.05, 4.69) is 11.9 Å². The molecule has 0 radical (unpaired) electrons. The minimum Gasteiger partial charge on any atom is -0.360 e. The summed E-state index contributed by atoms with van der Waals surface area (Å²) in [5, 5.41) is 0.422. The highest BCUT2D eigenvalue weighted by Gasteiger charge is 2.20. The van der Waals surface area contributed by atoms with Gasteiger partial charge in [-0.15, -0.1) is 0 Å². The summed E-state index contributed by atoms with van der Waals surface area (Å²) >= 11 is 0. The Hall–Kier alpha value is -1.64. The van der Waals surface area contributed by atoms with Gasteiger partial charge in [-0.2, -0.15) is 0 Å². The minimum atomic E-state index is -0.334. The fourth-order valence-corrected chi connectivity index (χ4v) is 2.24. The Kier molecular flexibility index (Phi) is 3.80. The molecule has 0 amide bonds. The summed E-state index contributed by atoms with van der Waals surface area (Å²) in [4.78, 5) is 15.3. The molecule has 1 N–H and O–H groups in total. The fraction of sp³-hybridized carbons (Fsp3) is 0.400. The lowest BCUT2D eigenvalue weighted by atomic mass is 9.94. The number of H-pyrrole nitrogens is 1. The zero-order valence-electron chi connectivity index (χ0n) is 10.8. The van der Waals surface area contributed by atoms with Gasteiger partial charge in [0, 0.05) is 28.6 Å². The normalized spacial score (nSPS) is 12.8. The van der Waals surface area contributed by atoms with Gasteiger partial charge in [-0.05, 0) is 18.6 Å². The second-order valence-electron chi connectivity index (χ2n) is 4.77. The Bertz CT molecular complexity index is 559. The third kappa shape index (κ3) is 2.30. The van der Waals surface area contributed by atoms with Crippen molar-refractivity contribution in [1.82, 2.24) is 4.98 Å². The molecule has 1 aromatic heterocycles. The highest BCUT2D eigenvalue weighted by atomic mass is 19.1. The van der Waals surface area contributed by atoms with E-state index in [-0.39, 0.29) is 17.5 Å². The molecule has 1 heterocycles. The van der Waals surface area contributed by atoms with Crippen LogP contribution in [-0.4, -0.2) is 10.8 Å². The van der Waals surface area contributed by atoms with Crippen molar-refractivity contribution in [1.29, 1.82) is 0 Å². The lowest BCUT2D eigenvalue weighted by molar-refractivity contribution is 0.0924. The van der Waals surface area contributed by atoms with Crippen LogP contribution in [-0.2, 0) is 0 Å². The van der Waals surface area contributed by atoms with Gasteiger partial charge < -0.3 is 4.98 Å². The van der Waals surface area contributed by atoms with Crippen molar-refractivity contribution in [2.45, 2.75) is 33.1 Å². The van der Waals surface area contributed by atoms with Crippen LogP contribution in [0.4, 0.5) is 4.39 Å². The van der Waals surface area contributed by atoms with Crippen molar-refractivity contribution in [2.75, 3.05) is 0 Å². The van der Waals surface area contributed by atoms with Gasteiger partial charge in [-0.1, -0.05) is 32.8 Å². The number of aromatic nitrogens is 1. The third-order valence-corrected chi connectivity index (χ3v) is 3.36. The Morgan fingerprint density at radius 1 is 1.44 bits per heavy atom. The lowest BCUT2D eigenvalue weighted by Gasteiger charge is -2.08. The summed E-state index contributed by atoms with van der Waals surface area (Å²) in [7, 11) is 0. The molecule has 0 saturated heterocycles. The number of hydrogen-bond acceptors (Lipinski definition) is 1. The first-order valence-electron chi connectivity index (χ1n) is 6.45. The number of aromatic amines is 1. The van der Waals surface area contributed by atoms with E-state index in [0.29, 0.717) is 16.5 Å². The van der Waals surface area contributed by atoms with Crippen molar-refractivity contribution in [3.05, 3.63) is 35.8 Å². The number of fused-ring (bicyclic) bond motifs is 1. The van der Waals surface area contributed by atoms with Crippen LogP contribution in [0.5, 0.6) is 0 Å². The maximum atomic E-state index is 13.8. The fourth-order valence-electron chi connectivity index (χ4n) is 2.24. The predicted octanol–water partition coefficient (Wildman–Crippen LogP) is 4.32. The highest BCUT2D eigenvalue weighted by molar-refractivity contribution is 6.08. The number of rotatable bonds is 5. The molecule has 0 fully saturated rings. The number of unbranched alkanes of at least 4 members (excludes halogenated alkanes) is 1. The van der Waals surface area contributed by atoms with E-state index in [1.54, 1.807) is 18.3 Å². The monoisotopic (exact) mass is 247 g/mol. The number of carbonyl (C=O) groups excluding carboxylic acids is 1. The Labute approximate surface area is 106 Å². The topological polar surface area (TPSA) is 32.9 Å². The van der Waals surface area contributed by atoms with Crippen molar-refractivity contribution in [3.8, 4) is 0 Å². The summed E-state index contributed by atoms with van der Waals surface area (Å²) in [6.07, 6.45) is 4.58. The summed E-state index contributed by atoms with van der Waals surface area (Å²) in [6, 6.07) is 4.82. The average molecular weight is 247 g/mol. The molecule has 0 aliphatic rings. The van der Waals surface area contributed by atoms with Crippen molar-refractivity contribution >= 4 is 16.7 Å². The van der Waals surface area contributed by atoms with Gasteiger partial charge in [-0.25, -0.2) is 4.39 Å². The molecule has 2 rings (SSSR count). The summed E-state index contributed by atoms with van der Waals surface area (Å²) in [6.45, 7) is 4.01. The van der Waals surface area contributed by atoms with Gasteiger partial charge >= 0.3 is 0 Å². The molecule has 2 aromatic rings. The zero-order valence-corrected chi connectivity index (χ0v) is 10.8. The van der Waals surface area contributed by atoms with Gasteiger partial charge in [0.15, 0.2) is 5.78 Å². The smallest absolute Gasteiger partial charge is 0.167 e. The summed E-state index contributed by atoms with van der Waals surface area (Å²) in [5.74, 6) is -0.358. The highest BCUT2D eigenvalue weighted by Crippen LogP contribution is 2.25. The Morgan fingerprint density at radius 2 is 2.22 bits per heavy atom. The molecule has 0 spiro atoms. The lowest BCUT2D eigenvalue weighted by Crippen LogP contribution is -2.11. The number of carbonyl (C=O) groups is 1. The number of hydrogen-bond donors (Lipinski definition) is 1. The number of Topliss-reactive ketones (excluding diaryl/α,β-unsaturated/α-hetero) is 1. The first-order chi connectivity index (χ1) is 8.65. The Balaban J connectivity index is 2.33. The van der Waals surface area contributed by atoms with Crippen LogP contribution >= 0.6 is 0 Å². The van der Waals surface area contributed by atoms with Crippen molar-refractivity contribution in [2.24, 2.45) is 5.92 Å². The standard InChI is InChI=1S/C15H18FNO/c1-3-4-6-10(2)15(18)11-9-17-13-8-5-7-12(16)14(11)13/h5,7-10,17H,3-4,6H2,1-2H3. The minimum absolute atomic E-state index is 0.0276. The SMILES string of the molecule is CCCCC(C)C(=O)c1c[nH]c2cccc(F)c12. The molecule has 18 heavy (non-hydrogen) atoms. The average Bonchev–Trinajstić information content (AvgIpc) is 2.80. The molecular formula is C15H18FNO. The quantitative estimate of drug-likeness (QED) is 0.784. The maximum Gasteiger partial charge on any atom is 0.167 e. The van der Waals surface area contributed by atoms with E-state index in [1.165, 1.54) is 6.07 Å². The molecule has 0 bridgehead atoms. The van der Waals surface area contributed by atoms with Gasteiger partial charge in [0.05, 0.1) is 0 Å². The van der Waals surface area contributed by atoms with Crippen LogP contribution in [0, 0.1) is 11.7 Å². The van der Waals surface area contributed by atoms with Gasteiger partial charge in [-0.3, -0.25) is 4.79 Å². The number of ketones is 1. The zero-order chi connectivity index (χ0) is 13.1. The third-order valence-electron chi connectivity index (χ3n) is 3.36. The molecule has 96 valence electrons. The van der Waals surface area contributed by atoms with Crippen LogP contribution in [0.3, 0.4) is 0 Å². The van der Waals surface area contributed by atoms with E-state index in [4.69, 9.17) is 0 Å². The molecule has 0 aliphatic heterocycles. The van der Waals surface area contributed by atoms with Crippen LogP contribution < -0.4 is 0 Å². The molecule has 1 unspecified atom stereocenters. The molecular weight excluding hydrogens is 229 g/mol. The van der Waals surface area contributed by atoms with Gasteiger partial charge in [0.2, 0.25) is 0 Å². The van der Waals surface area contributed by atoms with Crippen LogP contribution in [0.2, 0.25) is 0 Å². The molecule has 3 heteroatoms. The second kappa shape index (κ2) is 5.34. The van der Waals surface area contributed by atoms with Crippen molar-refractivity contribution in [3.63, 3.8) is 0 Å². The van der Waals surface area contributed by atoms with Gasteiger partial charge in [0.25, 0.3) is 0 Å². The predicted molar refractivity (Wildman–Crippen MR) is 71.3 cm³/mol. The van der Waals surface area contributed by atoms with Crippen molar-refractivity contribution < 1.29 is 9.18 Å². The molecule has 1 atom stereocenters. The molecule has 2 nitrogen and oxygen atoms in total. The van der Waals surface area contributed by atoms with E-state index in [9.17, 15) is 9.18 Å². The summed E-state index contributed by atoms with van der Waals surface area (Å²) in [5.41, 5.74) is 1.16. The number of benzene rings is 1. The molecule has 1 aromatic carbocycles. The summed E-state index contributed by atoms with van der Waals surface area (Å²) < 4.78 is 13.8. The second-order valence-corrected chi connectivity index (χ2v) is 4.77. The first kappa shape index (κ1) is 12.8. The molecule has 0 aliphatic carbocycles. The number of nitrogens with one attached hydrogen (secondary N) is 1. The van der Waals surface area contributed by atoms with Crippen LogP contribution in [0.25, 0.3) is 10.9 Å². The van der Waals surface area contributed by atoms with E-state index in [0.717, 1.165) is 19.3 Å². The van der Waals surface area contributed by atoms with Crippen LogP contribution in [0.1, 0.15) is 43.5 Å². The van der Waals surface area contributed by atoms with Crippen LogP contribution in [0.15, 0.2) is 24.4 Å². The van der Waals surface area contributed by atoms with E-state index >= 15 is 0 Å².